The summed E-state index contributed by atoms with van der Waals surface area (Å²) in [5.41, 5.74) is 1.28. The van der Waals surface area contributed by atoms with Gasteiger partial charge in [-0.2, -0.15) is 0 Å². The maximum Gasteiger partial charge on any atom is 0.374 e. The molecule has 0 aliphatic carbocycles. The van der Waals surface area contributed by atoms with Gasteiger partial charge in [-0.3, -0.25) is 4.79 Å². The highest BCUT2D eigenvalue weighted by Gasteiger charge is 2.18. The van der Waals surface area contributed by atoms with E-state index in [2.05, 4.69) is 0 Å². The van der Waals surface area contributed by atoms with Gasteiger partial charge >= 0.3 is 5.97 Å². The normalized spacial score (nSPS) is 10.5. The smallest absolute Gasteiger partial charge is 0.374 e. The summed E-state index contributed by atoms with van der Waals surface area (Å²) in [4.78, 5) is 25.6. The first-order valence-corrected chi connectivity index (χ1v) is 8.82. The molecule has 2 aromatic carbocycles. The van der Waals surface area contributed by atoms with Crippen LogP contribution in [0.15, 0.2) is 65.1 Å². The van der Waals surface area contributed by atoms with Crippen LogP contribution in [0.1, 0.15) is 16.1 Å². The predicted molar refractivity (Wildman–Crippen MR) is 102 cm³/mol. The van der Waals surface area contributed by atoms with E-state index in [-0.39, 0.29) is 18.1 Å². The average Bonchev–Trinajstić information content (AvgIpc) is 3.16. The Morgan fingerprint density at radius 1 is 1.11 bits per heavy atom. The molecule has 0 unspecified atom stereocenters. The fourth-order valence-electron chi connectivity index (χ4n) is 2.56. The van der Waals surface area contributed by atoms with Gasteiger partial charge < -0.3 is 14.1 Å². The maximum atomic E-state index is 13.2. The molecule has 0 spiro atoms. The van der Waals surface area contributed by atoms with Crippen molar-refractivity contribution in [3.63, 3.8) is 0 Å². The minimum atomic E-state index is -0.759. The van der Waals surface area contributed by atoms with Crippen molar-refractivity contribution in [3.8, 4) is 11.3 Å². The number of amides is 1. The molecular weight excluding hydrogens is 385 g/mol. The monoisotopic (exact) mass is 401 g/mol. The second kappa shape index (κ2) is 8.71. The van der Waals surface area contributed by atoms with Gasteiger partial charge in [0.2, 0.25) is 5.76 Å². The van der Waals surface area contributed by atoms with E-state index in [4.69, 9.17) is 20.8 Å². The zero-order valence-electron chi connectivity index (χ0n) is 15.0. The third-order valence-corrected chi connectivity index (χ3v) is 4.34. The number of nitrogens with zero attached hydrogens (tertiary/aromatic N) is 1. The van der Waals surface area contributed by atoms with Crippen molar-refractivity contribution in [1.82, 2.24) is 4.90 Å². The molecule has 144 valence electrons. The van der Waals surface area contributed by atoms with Gasteiger partial charge in [-0.1, -0.05) is 35.9 Å². The Kier molecular flexibility index (Phi) is 6.11. The van der Waals surface area contributed by atoms with Crippen LogP contribution in [0.2, 0.25) is 5.02 Å². The minimum Gasteiger partial charge on any atom is -0.450 e. The number of rotatable bonds is 6. The van der Waals surface area contributed by atoms with Crippen molar-refractivity contribution in [2.75, 3.05) is 13.7 Å². The first-order chi connectivity index (χ1) is 13.4. The molecule has 1 aromatic heterocycles. The van der Waals surface area contributed by atoms with Gasteiger partial charge in [0, 0.05) is 19.2 Å². The van der Waals surface area contributed by atoms with Crippen molar-refractivity contribution in [2.24, 2.45) is 0 Å². The van der Waals surface area contributed by atoms with Crippen LogP contribution in [-0.2, 0) is 16.1 Å². The molecule has 0 aliphatic rings. The van der Waals surface area contributed by atoms with Crippen LogP contribution in [-0.4, -0.2) is 30.4 Å². The number of furan rings is 1. The van der Waals surface area contributed by atoms with Crippen molar-refractivity contribution in [3.05, 3.63) is 82.8 Å². The maximum absolute atomic E-state index is 13.2. The molecule has 0 atom stereocenters. The SMILES string of the molecule is CN(Cc1cccc(F)c1)C(=O)COC(=O)c1ccc(-c2ccccc2Cl)o1. The molecule has 1 amide bonds. The Labute approximate surface area is 166 Å². The lowest BCUT2D eigenvalue weighted by molar-refractivity contribution is -0.133. The second-order valence-electron chi connectivity index (χ2n) is 6.10. The summed E-state index contributed by atoms with van der Waals surface area (Å²) >= 11 is 6.11. The molecule has 3 rings (SSSR count). The van der Waals surface area contributed by atoms with Crippen LogP contribution in [0.4, 0.5) is 4.39 Å². The predicted octanol–water partition coefficient (Wildman–Crippen LogP) is 4.55. The van der Waals surface area contributed by atoms with Gasteiger partial charge in [-0.05, 0) is 42.0 Å². The van der Waals surface area contributed by atoms with Gasteiger partial charge in [0.15, 0.2) is 6.61 Å². The Bertz CT molecular complexity index is 1000. The van der Waals surface area contributed by atoms with E-state index in [9.17, 15) is 14.0 Å². The summed E-state index contributed by atoms with van der Waals surface area (Å²) in [7, 11) is 1.55. The Balaban J connectivity index is 1.56. The number of carbonyl (C=O) groups excluding carboxylic acids is 2. The molecule has 5 nitrogen and oxygen atoms in total. The Morgan fingerprint density at radius 2 is 1.89 bits per heavy atom. The molecule has 3 aromatic rings. The molecular formula is C21H17ClFNO4. The van der Waals surface area contributed by atoms with Crippen LogP contribution in [0.3, 0.4) is 0 Å². The molecule has 28 heavy (non-hydrogen) atoms. The van der Waals surface area contributed by atoms with Crippen molar-refractivity contribution in [1.29, 1.82) is 0 Å². The molecule has 0 aliphatic heterocycles. The standard InChI is InChI=1S/C21H17ClFNO4/c1-24(12-14-5-4-6-15(23)11-14)20(25)13-27-21(26)19-10-9-18(28-19)16-7-2-3-8-17(16)22/h2-11H,12-13H2,1H3. The Morgan fingerprint density at radius 3 is 2.64 bits per heavy atom. The number of esters is 1. The van der Waals surface area contributed by atoms with E-state index >= 15 is 0 Å². The minimum absolute atomic E-state index is 0.0319. The highest BCUT2D eigenvalue weighted by atomic mass is 35.5. The van der Waals surface area contributed by atoms with Gasteiger partial charge in [-0.25, -0.2) is 9.18 Å². The summed E-state index contributed by atoms with van der Waals surface area (Å²) in [6.07, 6.45) is 0. The topological polar surface area (TPSA) is 59.8 Å². The van der Waals surface area contributed by atoms with E-state index in [0.29, 0.717) is 21.9 Å². The average molecular weight is 402 g/mol. The summed E-state index contributed by atoms with van der Waals surface area (Å²) in [5, 5.41) is 0.492. The molecule has 1 heterocycles. The van der Waals surface area contributed by atoms with E-state index in [1.807, 2.05) is 0 Å². The van der Waals surface area contributed by atoms with Crippen LogP contribution < -0.4 is 0 Å². The molecule has 0 fully saturated rings. The van der Waals surface area contributed by atoms with E-state index < -0.39 is 18.5 Å². The van der Waals surface area contributed by atoms with Gasteiger partial charge in [0.1, 0.15) is 11.6 Å². The van der Waals surface area contributed by atoms with Crippen LogP contribution in [0.25, 0.3) is 11.3 Å². The van der Waals surface area contributed by atoms with E-state index in [1.54, 1.807) is 49.5 Å². The van der Waals surface area contributed by atoms with Crippen molar-refractivity contribution < 1.29 is 23.1 Å². The highest BCUT2D eigenvalue weighted by Crippen LogP contribution is 2.29. The number of halogens is 2. The zero-order chi connectivity index (χ0) is 20.1. The third-order valence-electron chi connectivity index (χ3n) is 4.01. The summed E-state index contributed by atoms with van der Waals surface area (Å²) in [5.74, 6) is -1.17. The molecule has 7 heteroatoms. The lowest BCUT2D eigenvalue weighted by atomic mass is 10.2. The summed E-state index contributed by atoms with van der Waals surface area (Å²) in [6.45, 7) is -0.252. The van der Waals surface area contributed by atoms with Gasteiger partial charge in [-0.15, -0.1) is 0 Å². The third kappa shape index (κ3) is 4.78. The fourth-order valence-corrected chi connectivity index (χ4v) is 2.79. The van der Waals surface area contributed by atoms with Crippen LogP contribution >= 0.6 is 11.6 Å². The largest absolute Gasteiger partial charge is 0.450 e. The quantitative estimate of drug-likeness (QED) is 0.568. The molecule has 0 saturated heterocycles. The Hall–Kier alpha value is -3.12. The lowest BCUT2D eigenvalue weighted by Crippen LogP contribution is -2.30. The van der Waals surface area contributed by atoms with Gasteiger partial charge in [0.25, 0.3) is 5.91 Å². The van der Waals surface area contributed by atoms with E-state index in [1.165, 1.54) is 23.1 Å². The van der Waals surface area contributed by atoms with Crippen molar-refractivity contribution >= 4 is 23.5 Å². The molecule has 0 saturated carbocycles. The zero-order valence-corrected chi connectivity index (χ0v) is 15.8. The number of benzene rings is 2. The number of hydrogen-bond donors (Lipinski definition) is 0. The number of ether oxygens (including phenoxy) is 1. The molecule has 0 radical (unpaired) electrons. The lowest BCUT2D eigenvalue weighted by Gasteiger charge is -2.17. The van der Waals surface area contributed by atoms with Crippen molar-refractivity contribution in [2.45, 2.75) is 6.54 Å². The summed E-state index contributed by atoms with van der Waals surface area (Å²) < 4.78 is 23.7. The fraction of sp³-hybridized carbons (Fsp3) is 0.143. The number of hydrogen-bond acceptors (Lipinski definition) is 4. The number of carbonyl (C=O) groups is 2. The first-order valence-electron chi connectivity index (χ1n) is 8.44. The van der Waals surface area contributed by atoms with E-state index in [0.717, 1.165) is 0 Å². The molecule has 0 N–H and O–H groups in total. The molecule has 0 bridgehead atoms. The van der Waals surface area contributed by atoms with Crippen LogP contribution in [0, 0.1) is 5.82 Å². The second-order valence-corrected chi connectivity index (χ2v) is 6.51. The highest BCUT2D eigenvalue weighted by molar-refractivity contribution is 6.33. The van der Waals surface area contributed by atoms with Gasteiger partial charge in [0.05, 0.1) is 5.02 Å². The van der Waals surface area contributed by atoms with Crippen LogP contribution in [0.5, 0.6) is 0 Å². The summed E-state index contributed by atoms with van der Waals surface area (Å²) in [6, 6.07) is 16.1. The first kappa shape index (κ1) is 19.6. The number of likely N-dealkylation sites (N-methyl/N-ethyl adjacent to an activating group) is 1.